The van der Waals surface area contributed by atoms with Crippen molar-refractivity contribution in [3.8, 4) is 17.4 Å². The van der Waals surface area contributed by atoms with E-state index in [1.54, 1.807) is 35.9 Å². The smallest absolute Gasteiger partial charge is 0.335 e. The Labute approximate surface area is 165 Å². The molecule has 2 heterocycles. The van der Waals surface area contributed by atoms with Gasteiger partial charge in [0.1, 0.15) is 35.3 Å². The van der Waals surface area contributed by atoms with E-state index in [2.05, 4.69) is 9.97 Å². The third-order valence-corrected chi connectivity index (χ3v) is 4.27. The van der Waals surface area contributed by atoms with Gasteiger partial charge in [0.05, 0.1) is 5.56 Å². The number of carbonyl (C=O) groups is 1. The second-order valence-electron chi connectivity index (χ2n) is 6.26. The van der Waals surface area contributed by atoms with Crippen molar-refractivity contribution in [1.82, 2.24) is 14.5 Å². The molecule has 146 valence electrons. The Morgan fingerprint density at radius 3 is 2.62 bits per heavy atom. The van der Waals surface area contributed by atoms with Crippen molar-refractivity contribution in [1.29, 1.82) is 0 Å². The molecule has 0 aliphatic carbocycles. The lowest BCUT2D eigenvalue weighted by molar-refractivity contribution is 0.0696. The van der Waals surface area contributed by atoms with Crippen LogP contribution in [0.2, 0.25) is 0 Å². The van der Waals surface area contributed by atoms with Gasteiger partial charge < -0.3 is 19.1 Å². The first-order chi connectivity index (χ1) is 14.0. The summed E-state index contributed by atoms with van der Waals surface area (Å²) in [5, 5.41) is 9.07. The lowest BCUT2D eigenvalue weighted by Crippen LogP contribution is -2.04. The van der Waals surface area contributed by atoms with E-state index < -0.39 is 5.97 Å². The minimum absolute atomic E-state index is 0.143. The fourth-order valence-electron chi connectivity index (χ4n) is 2.77. The Bertz CT molecular complexity index is 1190. The Kier molecular flexibility index (Phi) is 4.82. The number of aromatic nitrogens is 3. The van der Waals surface area contributed by atoms with E-state index in [4.69, 9.17) is 14.6 Å². The molecule has 0 saturated heterocycles. The molecule has 2 aromatic carbocycles. The number of benzene rings is 2. The summed E-state index contributed by atoms with van der Waals surface area (Å²) in [5.74, 6) is 0.524. The molecule has 1 N–H and O–H groups in total. The second kappa shape index (κ2) is 7.59. The SMILES string of the molecule is Cn1c(COc2cccc(C(=O)O)c2)nc2ccc(Oc3ccc(F)cc3)nc21. The molecule has 0 spiro atoms. The quantitative estimate of drug-likeness (QED) is 0.529. The minimum Gasteiger partial charge on any atom is -0.486 e. The van der Waals surface area contributed by atoms with Crippen LogP contribution < -0.4 is 9.47 Å². The van der Waals surface area contributed by atoms with Crippen molar-refractivity contribution in [2.75, 3.05) is 0 Å². The number of rotatable bonds is 6. The van der Waals surface area contributed by atoms with E-state index in [1.807, 2.05) is 0 Å². The topological polar surface area (TPSA) is 86.5 Å². The number of aryl methyl sites for hydroxylation is 1. The maximum Gasteiger partial charge on any atom is 0.335 e. The highest BCUT2D eigenvalue weighted by atomic mass is 19.1. The summed E-state index contributed by atoms with van der Waals surface area (Å²) >= 11 is 0. The Morgan fingerprint density at radius 2 is 1.86 bits per heavy atom. The molecule has 0 fully saturated rings. The van der Waals surface area contributed by atoms with E-state index in [0.29, 0.717) is 34.4 Å². The first kappa shape index (κ1) is 18.4. The van der Waals surface area contributed by atoms with Gasteiger partial charge in [-0.05, 0) is 48.5 Å². The third-order valence-electron chi connectivity index (χ3n) is 4.27. The third kappa shape index (κ3) is 4.01. The zero-order valence-electron chi connectivity index (χ0n) is 15.4. The predicted octanol–water partition coefficient (Wildman–Crippen LogP) is 4.18. The number of carboxylic acid groups (broad SMARTS) is 1. The van der Waals surface area contributed by atoms with Gasteiger partial charge in [0, 0.05) is 13.1 Å². The zero-order chi connectivity index (χ0) is 20.4. The molecule has 0 bridgehead atoms. The van der Waals surface area contributed by atoms with Crippen LogP contribution in [0.25, 0.3) is 11.2 Å². The molecular weight excluding hydrogens is 377 g/mol. The van der Waals surface area contributed by atoms with Gasteiger partial charge in [-0.25, -0.2) is 14.2 Å². The molecule has 0 atom stereocenters. The molecular formula is C21H16FN3O4. The van der Waals surface area contributed by atoms with Gasteiger partial charge in [0.25, 0.3) is 0 Å². The molecule has 0 aliphatic heterocycles. The summed E-state index contributed by atoms with van der Waals surface area (Å²) in [6, 6.07) is 15.4. The van der Waals surface area contributed by atoms with Gasteiger partial charge in [-0.2, -0.15) is 4.98 Å². The zero-order valence-corrected chi connectivity index (χ0v) is 15.4. The molecule has 4 rings (SSSR count). The molecule has 0 radical (unpaired) electrons. The Hall–Kier alpha value is -3.94. The molecule has 7 nitrogen and oxygen atoms in total. The number of fused-ring (bicyclic) bond motifs is 1. The van der Waals surface area contributed by atoms with Gasteiger partial charge in [-0.3, -0.25) is 0 Å². The molecule has 8 heteroatoms. The molecule has 29 heavy (non-hydrogen) atoms. The van der Waals surface area contributed by atoms with Crippen molar-refractivity contribution in [2.24, 2.45) is 7.05 Å². The number of nitrogens with zero attached hydrogens (tertiary/aromatic N) is 3. The summed E-state index contributed by atoms with van der Waals surface area (Å²) in [6.45, 7) is 0.143. The van der Waals surface area contributed by atoms with E-state index in [0.717, 1.165) is 0 Å². The summed E-state index contributed by atoms with van der Waals surface area (Å²) < 4.78 is 26.1. The van der Waals surface area contributed by atoms with Gasteiger partial charge in [-0.1, -0.05) is 6.07 Å². The van der Waals surface area contributed by atoms with Crippen molar-refractivity contribution >= 4 is 17.1 Å². The van der Waals surface area contributed by atoms with E-state index in [9.17, 15) is 9.18 Å². The number of pyridine rings is 1. The fraction of sp³-hybridized carbons (Fsp3) is 0.0952. The largest absolute Gasteiger partial charge is 0.486 e. The molecule has 0 saturated carbocycles. The van der Waals surface area contributed by atoms with E-state index in [1.165, 1.54) is 36.4 Å². The van der Waals surface area contributed by atoms with Crippen molar-refractivity contribution < 1.29 is 23.8 Å². The number of aromatic carboxylic acids is 1. The maximum absolute atomic E-state index is 13.0. The second-order valence-corrected chi connectivity index (χ2v) is 6.26. The van der Waals surface area contributed by atoms with Crippen LogP contribution in [0.1, 0.15) is 16.2 Å². The van der Waals surface area contributed by atoms with Crippen molar-refractivity contribution in [3.63, 3.8) is 0 Å². The van der Waals surface area contributed by atoms with Crippen LogP contribution in [0.3, 0.4) is 0 Å². The summed E-state index contributed by atoms with van der Waals surface area (Å²) in [4.78, 5) is 20.0. The Morgan fingerprint density at radius 1 is 1.07 bits per heavy atom. The maximum atomic E-state index is 13.0. The fourth-order valence-corrected chi connectivity index (χ4v) is 2.77. The molecule has 0 aliphatic rings. The van der Waals surface area contributed by atoms with Gasteiger partial charge in [-0.15, -0.1) is 0 Å². The molecule has 4 aromatic rings. The lowest BCUT2D eigenvalue weighted by Gasteiger charge is -2.07. The molecule has 2 aromatic heterocycles. The average molecular weight is 393 g/mol. The van der Waals surface area contributed by atoms with Crippen molar-refractivity contribution in [3.05, 3.63) is 77.9 Å². The summed E-state index contributed by atoms with van der Waals surface area (Å²) in [5.41, 5.74) is 1.41. The van der Waals surface area contributed by atoms with Crippen LogP contribution in [0, 0.1) is 5.82 Å². The number of hydrogen-bond acceptors (Lipinski definition) is 5. The van der Waals surface area contributed by atoms with Crippen LogP contribution in [-0.4, -0.2) is 25.6 Å². The molecule has 0 unspecified atom stereocenters. The van der Waals surface area contributed by atoms with Crippen LogP contribution in [-0.2, 0) is 13.7 Å². The number of halogens is 1. The van der Waals surface area contributed by atoms with Crippen molar-refractivity contribution in [2.45, 2.75) is 6.61 Å². The lowest BCUT2D eigenvalue weighted by atomic mass is 10.2. The first-order valence-electron chi connectivity index (χ1n) is 8.71. The number of carboxylic acids is 1. The highest BCUT2D eigenvalue weighted by molar-refractivity contribution is 5.88. The predicted molar refractivity (Wildman–Crippen MR) is 103 cm³/mol. The number of ether oxygens (including phenoxy) is 2. The Balaban J connectivity index is 1.53. The van der Waals surface area contributed by atoms with E-state index >= 15 is 0 Å². The van der Waals surface area contributed by atoms with Crippen LogP contribution in [0.15, 0.2) is 60.7 Å². The van der Waals surface area contributed by atoms with Gasteiger partial charge >= 0.3 is 5.97 Å². The van der Waals surface area contributed by atoms with E-state index in [-0.39, 0.29) is 18.0 Å². The highest BCUT2D eigenvalue weighted by Gasteiger charge is 2.12. The first-order valence-corrected chi connectivity index (χ1v) is 8.71. The van der Waals surface area contributed by atoms with Crippen LogP contribution in [0.4, 0.5) is 4.39 Å². The van der Waals surface area contributed by atoms with Crippen LogP contribution in [0.5, 0.6) is 17.4 Å². The molecule has 0 amide bonds. The minimum atomic E-state index is -1.02. The monoisotopic (exact) mass is 393 g/mol. The number of imidazole rings is 1. The highest BCUT2D eigenvalue weighted by Crippen LogP contribution is 2.23. The average Bonchev–Trinajstić information content (AvgIpc) is 3.04. The normalized spacial score (nSPS) is 10.8. The standard InChI is InChI=1S/C21H16FN3O4/c1-25-18(12-28-16-4-2-3-13(11-16)21(26)27)23-17-9-10-19(24-20(17)25)29-15-7-5-14(22)6-8-15/h2-11H,12H2,1H3,(H,26,27). The van der Waals surface area contributed by atoms with Gasteiger partial charge in [0.2, 0.25) is 5.88 Å². The van der Waals surface area contributed by atoms with Crippen LogP contribution >= 0.6 is 0 Å². The summed E-state index contributed by atoms with van der Waals surface area (Å²) in [6.07, 6.45) is 0. The van der Waals surface area contributed by atoms with Gasteiger partial charge in [0.15, 0.2) is 5.65 Å². The summed E-state index contributed by atoms with van der Waals surface area (Å²) in [7, 11) is 1.80. The number of hydrogen-bond donors (Lipinski definition) is 1.